The summed E-state index contributed by atoms with van der Waals surface area (Å²) < 4.78 is 6.85. The van der Waals surface area contributed by atoms with E-state index < -0.39 is 0 Å². The second kappa shape index (κ2) is 8.66. The Hall–Kier alpha value is -2.61. The number of ether oxygens (including phenoxy) is 1. The maximum Gasteiger partial charge on any atom is 0.269 e. The standard InChI is InChI=1S/C18H25N5O3/c1-26-10-9-20-18(25)15-11-21-16-6-4-14(12-23(15)16)22-17(24)7-5-13-3-2-8-19-13/h2-3,8,11,14,19H,4-7,9-10,12H2,1H3,(H,20,25)(H,22,24). The summed E-state index contributed by atoms with van der Waals surface area (Å²) in [6.45, 7) is 1.48. The molecule has 0 spiro atoms. The van der Waals surface area contributed by atoms with Gasteiger partial charge in [0.25, 0.3) is 5.91 Å². The first-order valence-corrected chi connectivity index (χ1v) is 8.90. The second-order valence-corrected chi connectivity index (χ2v) is 6.42. The summed E-state index contributed by atoms with van der Waals surface area (Å²) in [6, 6.07) is 3.91. The van der Waals surface area contributed by atoms with Crippen LogP contribution in [-0.2, 0) is 28.9 Å². The SMILES string of the molecule is COCCNC(=O)c1cnc2n1CC(NC(=O)CCc1ccc[nH]1)CC2. The first-order valence-electron chi connectivity index (χ1n) is 8.90. The van der Waals surface area contributed by atoms with Crippen LogP contribution >= 0.6 is 0 Å². The van der Waals surface area contributed by atoms with E-state index in [0.717, 1.165) is 24.4 Å². The number of nitrogens with one attached hydrogen (secondary N) is 3. The van der Waals surface area contributed by atoms with Gasteiger partial charge >= 0.3 is 0 Å². The highest BCUT2D eigenvalue weighted by molar-refractivity contribution is 5.92. The maximum atomic E-state index is 12.3. The highest BCUT2D eigenvalue weighted by Crippen LogP contribution is 2.17. The molecular formula is C18H25N5O3. The summed E-state index contributed by atoms with van der Waals surface area (Å²) in [5.41, 5.74) is 1.58. The molecule has 3 heterocycles. The Balaban J connectivity index is 1.54. The van der Waals surface area contributed by atoms with Crippen molar-refractivity contribution in [3.05, 3.63) is 41.7 Å². The molecule has 0 radical (unpaired) electrons. The molecule has 0 saturated carbocycles. The third-order valence-electron chi connectivity index (χ3n) is 4.53. The lowest BCUT2D eigenvalue weighted by atomic mass is 10.1. The van der Waals surface area contributed by atoms with Crippen LogP contribution in [0.5, 0.6) is 0 Å². The summed E-state index contributed by atoms with van der Waals surface area (Å²) in [6.07, 6.45) is 6.16. The average Bonchev–Trinajstić information content (AvgIpc) is 3.29. The molecule has 8 nitrogen and oxygen atoms in total. The van der Waals surface area contributed by atoms with Crippen LogP contribution in [0.4, 0.5) is 0 Å². The minimum absolute atomic E-state index is 0.0124. The first kappa shape index (κ1) is 18.2. The average molecular weight is 359 g/mol. The van der Waals surface area contributed by atoms with E-state index >= 15 is 0 Å². The topological polar surface area (TPSA) is 101 Å². The largest absolute Gasteiger partial charge is 0.383 e. The first-order chi connectivity index (χ1) is 12.7. The second-order valence-electron chi connectivity index (χ2n) is 6.42. The Morgan fingerprint density at radius 3 is 3.12 bits per heavy atom. The minimum atomic E-state index is -0.167. The van der Waals surface area contributed by atoms with Crippen LogP contribution in [-0.4, -0.2) is 52.7 Å². The van der Waals surface area contributed by atoms with Crippen molar-refractivity contribution in [2.45, 2.75) is 38.3 Å². The third-order valence-corrected chi connectivity index (χ3v) is 4.53. The molecule has 1 atom stereocenters. The van der Waals surface area contributed by atoms with Gasteiger partial charge in [0, 0.05) is 51.0 Å². The summed E-state index contributed by atoms with van der Waals surface area (Å²) in [7, 11) is 1.59. The van der Waals surface area contributed by atoms with Crippen LogP contribution in [0.3, 0.4) is 0 Å². The van der Waals surface area contributed by atoms with Gasteiger partial charge in [-0.15, -0.1) is 0 Å². The van der Waals surface area contributed by atoms with Crippen LogP contribution < -0.4 is 10.6 Å². The van der Waals surface area contributed by atoms with Crippen molar-refractivity contribution in [2.24, 2.45) is 0 Å². The van der Waals surface area contributed by atoms with Crippen molar-refractivity contribution in [1.82, 2.24) is 25.2 Å². The van der Waals surface area contributed by atoms with Gasteiger partial charge in [0.15, 0.2) is 0 Å². The number of methoxy groups -OCH3 is 1. The van der Waals surface area contributed by atoms with E-state index in [0.29, 0.717) is 38.2 Å². The summed E-state index contributed by atoms with van der Waals surface area (Å²) >= 11 is 0. The van der Waals surface area contributed by atoms with Gasteiger partial charge in [-0.05, 0) is 25.0 Å². The zero-order valence-corrected chi connectivity index (χ0v) is 15.0. The van der Waals surface area contributed by atoms with Gasteiger partial charge in [-0.2, -0.15) is 0 Å². The normalized spacial score (nSPS) is 16.1. The Kier molecular flexibility index (Phi) is 6.06. The smallest absolute Gasteiger partial charge is 0.269 e. The Morgan fingerprint density at radius 1 is 1.46 bits per heavy atom. The van der Waals surface area contributed by atoms with Crippen molar-refractivity contribution < 1.29 is 14.3 Å². The van der Waals surface area contributed by atoms with Gasteiger partial charge < -0.3 is 24.9 Å². The van der Waals surface area contributed by atoms with Crippen LogP contribution in [0.25, 0.3) is 0 Å². The van der Waals surface area contributed by atoms with Crippen LogP contribution in [0.1, 0.15) is 34.8 Å². The predicted octanol–water partition coefficient (Wildman–Crippen LogP) is 0.651. The van der Waals surface area contributed by atoms with E-state index in [2.05, 4.69) is 20.6 Å². The lowest BCUT2D eigenvalue weighted by Crippen LogP contribution is -2.42. The molecule has 1 aliphatic heterocycles. The molecule has 8 heteroatoms. The van der Waals surface area contributed by atoms with Crippen LogP contribution in [0.2, 0.25) is 0 Å². The Bertz CT molecular complexity index is 738. The molecule has 0 saturated heterocycles. The fraction of sp³-hybridized carbons (Fsp3) is 0.500. The summed E-state index contributed by atoms with van der Waals surface area (Å²) in [5.74, 6) is 0.748. The number of carbonyl (C=O) groups excluding carboxylic acids is 2. The number of nitrogens with zero attached hydrogens (tertiary/aromatic N) is 2. The van der Waals surface area contributed by atoms with Gasteiger partial charge in [-0.3, -0.25) is 9.59 Å². The molecule has 0 aliphatic carbocycles. The highest BCUT2D eigenvalue weighted by atomic mass is 16.5. The molecule has 3 N–H and O–H groups in total. The number of aromatic nitrogens is 3. The van der Waals surface area contributed by atoms with E-state index in [1.165, 1.54) is 0 Å². The molecule has 2 amide bonds. The van der Waals surface area contributed by atoms with Crippen molar-refractivity contribution in [1.29, 1.82) is 0 Å². The molecule has 140 valence electrons. The molecule has 1 unspecified atom stereocenters. The predicted molar refractivity (Wildman–Crippen MR) is 95.8 cm³/mol. The summed E-state index contributed by atoms with van der Waals surface area (Å²) in [4.78, 5) is 31.9. The molecule has 0 bridgehead atoms. The molecule has 26 heavy (non-hydrogen) atoms. The van der Waals surface area contributed by atoms with Crippen LogP contribution in [0, 0.1) is 0 Å². The van der Waals surface area contributed by atoms with Crippen molar-refractivity contribution in [3.63, 3.8) is 0 Å². The molecule has 3 rings (SSSR count). The monoisotopic (exact) mass is 359 g/mol. The lowest BCUT2D eigenvalue weighted by molar-refractivity contribution is -0.122. The van der Waals surface area contributed by atoms with Crippen LogP contribution in [0.15, 0.2) is 24.5 Å². The zero-order chi connectivity index (χ0) is 18.4. The number of carbonyl (C=O) groups is 2. The van der Waals surface area contributed by atoms with Gasteiger partial charge in [0.2, 0.25) is 5.91 Å². The highest BCUT2D eigenvalue weighted by Gasteiger charge is 2.25. The number of rotatable bonds is 8. The molecule has 0 aromatic carbocycles. The van der Waals surface area contributed by atoms with E-state index in [1.807, 2.05) is 22.9 Å². The number of hydrogen-bond donors (Lipinski definition) is 3. The molecule has 0 fully saturated rings. The van der Waals surface area contributed by atoms with Crippen molar-refractivity contribution in [2.75, 3.05) is 20.3 Å². The summed E-state index contributed by atoms with van der Waals surface area (Å²) in [5, 5.41) is 5.89. The number of aromatic amines is 1. The molecule has 1 aliphatic rings. The Morgan fingerprint density at radius 2 is 2.35 bits per heavy atom. The molecule has 2 aromatic rings. The molecule has 2 aromatic heterocycles. The Labute approximate surface area is 152 Å². The fourth-order valence-corrected chi connectivity index (χ4v) is 3.16. The fourth-order valence-electron chi connectivity index (χ4n) is 3.16. The lowest BCUT2D eigenvalue weighted by Gasteiger charge is -2.26. The zero-order valence-electron chi connectivity index (χ0n) is 15.0. The van der Waals surface area contributed by atoms with E-state index in [9.17, 15) is 9.59 Å². The van der Waals surface area contributed by atoms with Gasteiger partial charge in [0.05, 0.1) is 12.8 Å². The van der Waals surface area contributed by atoms with Crippen molar-refractivity contribution in [3.8, 4) is 0 Å². The van der Waals surface area contributed by atoms with Crippen molar-refractivity contribution >= 4 is 11.8 Å². The number of amides is 2. The third kappa shape index (κ3) is 4.51. The number of aryl methyl sites for hydroxylation is 2. The quantitative estimate of drug-likeness (QED) is 0.603. The van der Waals surface area contributed by atoms with Gasteiger partial charge in [-0.1, -0.05) is 0 Å². The van der Waals surface area contributed by atoms with Gasteiger partial charge in [-0.25, -0.2) is 4.98 Å². The van der Waals surface area contributed by atoms with E-state index in [4.69, 9.17) is 4.74 Å². The number of imidazole rings is 1. The number of hydrogen-bond acceptors (Lipinski definition) is 4. The molecular weight excluding hydrogens is 334 g/mol. The van der Waals surface area contributed by atoms with Gasteiger partial charge in [0.1, 0.15) is 11.5 Å². The maximum absolute atomic E-state index is 12.3. The minimum Gasteiger partial charge on any atom is -0.383 e. The van der Waals surface area contributed by atoms with E-state index in [-0.39, 0.29) is 17.9 Å². The van der Waals surface area contributed by atoms with E-state index in [1.54, 1.807) is 13.3 Å². The number of H-pyrrole nitrogens is 1. The number of fused-ring (bicyclic) bond motifs is 1.